The van der Waals surface area contributed by atoms with Gasteiger partial charge < -0.3 is 19.9 Å². The number of carbonyl (C=O) groups is 1. The molecule has 150 valence electrons. The SMILES string of the molecule is CC(C)C(CNC(=O)c1ccnc(N2CCN(C)CC2)c1)N1CCOCC1. The largest absolute Gasteiger partial charge is 0.379 e. The highest BCUT2D eigenvalue weighted by molar-refractivity contribution is 5.94. The van der Waals surface area contributed by atoms with Crippen LogP contribution in [-0.2, 0) is 4.74 Å². The summed E-state index contributed by atoms with van der Waals surface area (Å²) in [5.74, 6) is 1.35. The van der Waals surface area contributed by atoms with Crippen molar-refractivity contribution in [2.24, 2.45) is 5.92 Å². The number of aromatic nitrogens is 1. The second-order valence-electron chi connectivity index (χ2n) is 7.86. The Hall–Kier alpha value is -1.70. The second kappa shape index (κ2) is 9.48. The number of hydrogen-bond acceptors (Lipinski definition) is 6. The summed E-state index contributed by atoms with van der Waals surface area (Å²) < 4.78 is 5.46. The van der Waals surface area contributed by atoms with Crippen molar-refractivity contribution in [1.29, 1.82) is 0 Å². The van der Waals surface area contributed by atoms with Gasteiger partial charge in [0.05, 0.1) is 13.2 Å². The standard InChI is InChI=1S/C20H33N5O2/c1-16(2)18(24-10-12-27-13-11-24)15-22-20(26)17-4-5-21-19(14-17)25-8-6-23(3)7-9-25/h4-5,14,16,18H,6-13,15H2,1-3H3,(H,22,26). The lowest BCUT2D eigenvalue weighted by Crippen LogP contribution is -2.51. The predicted octanol–water partition coefficient (Wildman–Crippen LogP) is 0.920. The summed E-state index contributed by atoms with van der Waals surface area (Å²) in [6, 6.07) is 4.05. The van der Waals surface area contributed by atoms with Crippen molar-refractivity contribution in [2.45, 2.75) is 19.9 Å². The van der Waals surface area contributed by atoms with E-state index >= 15 is 0 Å². The number of morpholine rings is 1. The fraction of sp³-hybridized carbons (Fsp3) is 0.700. The Kier molecular flexibility index (Phi) is 7.04. The monoisotopic (exact) mass is 375 g/mol. The summed E-state index contributed by atoms with van der Waals surface area (Å²) in [6.45, 7) is 12.4. The zero-order chi connectivity index (χ0) is 19.2. The van der Waals surface area contributed by atoms with Gasteiger partial charge in [0, 0.05) is 63.6 Å². The van der Waals surface area contributed by atoms with E-state index in [0.717, 1.165) is 58.3 Å². The molecule has 1 aromatic rings. The molecule has 1 amide bonds. The van der Waals surface area contributed by atoms with Crippen LogP contribution in [0.4, 0.5) is 5.82 Å². The summed E-state index contributed by atoms with van der Waals surface area (Å²) in [5.41, 5.74) is 0.684. The minimum Gasteiger partial charge on any atom is -0.379 e. The van der Waals surface area contributed by atoms with E-state index in [1.807, 2.05) is 6.07 Å². The molecule has 27 heavy (non-hydrogen) atoms. The number of nitrogens with zero attached hydrogens (tertiary/aromatic N) is 4. The Morgan fingerprint density at radius 2 is 1.89 bits per heavy atom. The lowest BCUT2D eigenvalue weighted by molar-refractivity contribution is 0.00673. The van der Waals surface area contributed by atoms with Crippen molar-refractivity contribution >= 4 is 11.7 Å². The number of pyridine rings is 1. The maximum atomic E-state index is 12.7. The van der Waals surface area contributed by atoms with Gasteiger partial charge in [0.25, 0.3) is 5.91 Å². The Bertz CT molecular complexity index is 610. The molecule has 1 unspecified atom stereocenters. The van der Waals surface area contributed by atoms with Crippen molar-refractivity contribution in [3.05, 3.63) is 23.9 Å². The fourth-order valence-electron chi connectivity index (χ4n) is 3.76. The van der Waals surface area contributed by atoms with Crippen LogP contribution in [0, 0.1) is 5.92 Å². The molecule has 7 heteroatoms. The van der Waals surface area contributed by atoms with Crippen LogP contribution in [0.2, 0.25) is 0 Å². The van der Waals surface area contributed by atoms with Gasteiger partial charge in [-0.3, -0.25) is 9.69 Å². The van der Waals surface area contributed by atoms with Gasteiger partial charge in [-0.1, -0.05) is 13.8 Å². The molecular formula is C20H33N5O2. The number of ether oxygens (including phenoxy) is 1. The molecule has 0 bridgehead atoms. The summed E-state index contributed by atoms with van der Waals surface area (Å²) in [4.78, 5) is 24.2. The van der Waals surface area contributed by atoms with Gasteiger partial charge in [0.2, 0.25) is 0 Å². The van der Waals surface area contributed by atoms with Gasteiger partial charge in [0.15, 0.2) is 0 Å². The van der Waals surface area contributed by atoms with E-state index in [1.165, 1.54) is 0 Å². The van der Waals surface area contributed by atoms with Gasteiger partial charge in [-0.2, -0.15) is 0 Å². The van der Waals surface area contributed by atoms with E-state index in [9.17, 15) is 4.79 Å². The molecule has 1 atom stereocenters. The molecule has 1 N–H and O–H groups in total. The van der Waals surface area contributed by atoms with Crippen LogP contribution >= 0.6 is 0 Å². The third-order valence-electron chi connectivity index (χ3n) is 5.59. The lowest BCUT2D eigenvalue weighted by Gasteiger charge is -2.37. The summed E-state index contributed by atoms with van der Waals surface area (Å²) >= 11 is 0. The van der Waals surface area contributed by atoms with Gasteiger partial charge in [0.1, 0.15) is 5.82 Å². The number of piperazine rings is 1. The maximum absolute atomic E-state index is 12.7. The predicted molar refractivity (Wildman–Crippen MR) is 107 cm³/mol. The molecule has 0 spiro atoms. The highest BCUT2D eigenvalue weighted by Gasteiger charge is 2.24. The topological polar surface area (TPSA) is 60.9 Å². The molecule has 7 nitrogen and oxygen atoms in total. The maximum Gasteiger partial charge on any atom is 0.251 e. The second-order valence-corrected chi connectivity index (χ2v) is 7.86. The normalized spacial score (nSPS) is 20.7. The molecule has 0 aliphatic carbocycles. The average Bonchev–Trinajstić information content (AvgIpc) is 2.69. The smallest absolute Gasteiger partial charge is 0.251 e. The van der Waals surface area contributed by atoms with Crippen LogP contribution in [0.5, 0.6) is 0 Å². The zero-order valence-electron chi connectivity index (χ0n) is 16.9. The molecule has 1 aromatic heterocycles. The first-order valence-electron chi connectivity index (χ1n) is 10.0. The highest BCUT2D eigenvalue weighted by atomic mass is 16.5. The lowest BCUT2D eigenvalue weighted by atomic mass is 10.0. The van der Waals surface area contributed by atoms with E-state index in [-0.39, 0.29) is 5.91 Å². The third-order valence-corrected chi connectivity index (χ3v) is 5.59. The van der Waals surface area contributed by atoms with Gasteiger partial charge >= 0.3 is 0 Å². The van der Waals surface area contributed by atoms with Crippen LogP contribution < -0.4 is 10.2 Å². The van der Waals surface area contributed by atoms with E-state index in [4.69, 9.17) is 4.74 Å². The fourth-order valence-corrected chi connectivity index (χ4v) is 3.76. The number of amides is 1. The highest BCUT2D eigenvalue weighted by Crippen LogP contribution is 2.16. The first-order chi connectivity index (χ1) is 13.0. The number of likely N-dealkylation sites (N-methyl/N-ethyl adjacent to an activating group) is 1. The van der Waals surface area contributed by atoms with Crippen molar-refractivity contribution in [3.8, 4) is 0 Å². The van der Waals surface area contributed by atoms with Gasteiger partial charge in [-0.25, -0.2) is 4.98 Å². The van der Waals surface area contributed by atoms with Crippen LogP contribution in [0.15, 0.2) is 18.3 Å². The van der Waals surface area contributed by atoms with Crippen LogP contribution in [0.3, 0.4) is 0 Å². The van der Waals surface area contributed by atoms with Crippen LogP contribution in [-0.4, -0.2) is 92.8 Å². The number of nitrogens with one attached hydrogen (secondary N) is 1. The molecule has 3 rings (SSSR count). The zero-order valence-corrected chi connectivity index (χ0v) is 16.9. The minimum atomic E-state index is -0.0216. The third kappa shape index (κ3) is 5.40. The Morgan fingerprint density at radius 1 is 1.19 bits per heavy atom. The number of rotatable bonds is 6. The molecule has 2 aliphatic rings. The first-order valence-corrected chi connectivity index (χ1v) is 10.0. The quantitative estimate of drug-likeness (QED) is 0.798. The number of anilines is 1. The number of carbonyl (C=O) groups excluding carboxylic acids is 1. The summed E-state index contributed by atoms with van der Waals surface area (Å²) in [5, 5.41) is 3.14. The van der Waals surface area contributed by atoms with E-state index in [0.29, 0.717) is 24.1 Å². The molecular weight excluding hydrogens is 342 g/mol. The van der Waals surface area contributed by atoms with E-state index in [1.54, 1.807) is 12.3 Å². The first kappa shape index (κ1) is 20.0. The Balaban J connectivity index is 1.59. The molecule has 2 aliphatic heterocycles. The molecule has 3 heterocycles. The average molecular weight is 376 g/mol. The molecule has 0 aromatic carbocycles. The van der Waals surface area contributed by atoms with Gasteiger partial charge in [-0.15, -0.1) is 0 Å². The van der Waals surface area contributed by atoms with E-state index < -0.39 is 0 Å². The molecule has 0 radical (unpaired) electrons. The molecule has 0 saturated carbocycles. The van der Waals surface area contributed by atoms with Crippen molar-refractivity contribution < 1.29 is 9.53 Å². The van der Waals surface area contributed by atoms with Crippen molar-refractivity contribution in [2.75, 3.05) is 71.0 Å². The Labute approximate surface area is 162 Å². The molecule has 2 saturated heterocycles. The minimum absolute atomic E-state index is 0.0216. The van der Waals surface area contributed by atoms with E-state index in [2.05, 4.69) is 45.9 Å². The van der Waals surface area contributed by atoms with Crippen LogP contribution in [0.1, 0.15) is 24.2 Å². The molecule has 2 fully saturated rings. The summed E-state index contributed by atoms with van der Waals surface area (Å²) in [6.07, 6.45) is 1.74. The van der Waals surface area contributed by atoms with Crippen molar-refractivity contribution in [1.82, 2.24) is 20.1 Å². The summed E-state index contributed by atoms with van der Waals surface area (Å²) in [7, 11) is 2.13. The van der Waals surface area contributed by atoms with Crippen molar-refractivity contribution in [3.63, 3.8) is 0 Å². The van der Waals surface area contributed by atoms with Gasteiger partial charge in [-0.05, 0) is 25.1 Å². The Morgan fingerprint density at radius 3 is 2.56 bits per heavy atom. The number of hydrogen-bond donors (Lipinski definition) is 1. The van der Waals surface area contributed by atoms with Crippen LogP contribution in [0.25, 0.3) is 0 Å².